The van der Waals surface area contributed by atoms with E-state index in [1.54, 1.807) is 23.7 Å². The number of hydrogen-bond donors (Lipinski definition) is 3. The zero-order valence-corrected chi connectivity index (χ0v) is 20.6. The Labute approximate surface area is 195 Å². The number of aliphatic hydroxyl groups is 1. The molecule has 3 saturated heterocycles. The normalized spacial score (nSPS) is 38.5. The first kappa shape index (κ1) is 23.9. The number of nitrogens with zero attached hydrogens (tertiary/aromatic N) is 1. The smallest absolute Gasteiger partial charge is 0.244 e. The van der Waals surface area contributed by atoms with Crippen molar-refractivity contribution in [3.63, 3.8) is 0 Å². The first-order valence-electron chi connectivity index (χ1n) is 12.4. The molecular weight excluding hydrogens is 426 g/mol. The van der Waals surface area contributed by atoms with Gasteiger partial charge in [-0.3, -0.25) is 14.4 Å². The van der Waals surface area contributed by atoms with Gasteiger partial charge in [-0.1, -0.05) is 46.5 Å². The molecular formula is C24H39N3O4S. The molecule has 0 aromatic rings. The van der Waals surface area contributed by atoms with Crippen LogP contribution >= 0.6 is 11.8 Å². The van der Waals surface area contributed by atoms with Crippen molar-refractivity contribution < 1.29 is 19.5 Å². The van der Waals surface area contributed by atoms with Gasteiger partial charge in [0.25, 0.3) is 0 Å². The van der Waals surface area contributed by atoms with Crippen LogP contribution in [0.25, 0.3) is 0 Å². The summed E-state index contributed by atoms with van der Waals surface area (Å²) < 4.78 is -0.613. The van der Waals surface area contributed by atoms with Gasteiger partial charge in [0.15, 0.2) is 0 Å². The van der Waals surface area contributed by atoms with E-state index in [9.17, 15) is 19.5 Å². The van der Waals surface area contributed by atoms with Gasteiger partial charge >= 0.3 is 0 Å². The zero-order chi connectivity index (χ0) is 23.2. The van der Waals surface area contributed by atoms with Crippen molar-refractivity contribution in [2.75, 3.05) is 13.7 Å². The van der Waals surface area contributed by atoms with Crippen molar-refractivity contribution in [1.29, 1.82) is 0 Å². The molecule has 4 fully saturated rings. The third-order valence-electron chi connectivity index (χ3n) is 8.78. The second-order valence-electron chi connectivity index (χ2n) is 10.4. The molecule has 32 heavy (non-hydrogen) atoms. The van der Waals surface area contributed by atoms with Gasteiger partial charge in [-0.05, 0) is 31.1 Å². The topological polar surface area (TPSA) is 98.7 Å². The van der Waals surface area contributed by atoms with Gasteiger partial charge in [0.2, 0.25) is 17.7 Å². The Hall–Kier alpha value is -1.28. The van der Waals surface area contributed by atoms with Crippen LogP contribution in [0.15, 0.2) is 0 Å². The lowest BCUT2D eigenvalue weighted by Gasteiger charge is -2.42. The van der Waals surface area contributed by atoms with Gasteiger partial charge in [0.05, 0.1) is 29.2 Å². The second kappa shape index (κ2) is 9.16. The fourth-order valence-electron chi connectivity index (χ4n) is 6.92. The highest BCUT2D eigenvalue weighted by atomic mass is 32.2. The summed E-state index contributed by atoms with van der Waals surface area (Å²) in [7, 11) is 1.62. The molecule has 1 aliphatic carbocycles. The van der Waals surface area contributed by atoms with Crippen LogP contribution in [0.5, 0.6) is 0 Å². The summed E-state index contributed by atoms with van der Waals surface area (Å²) in [5.41, 5.74) is 0. The summed E-state index contributed by atoms with van der Waals surface area (Å²) in [5, 5.41) is 16.4. The molecule has 3 amide bonds. The molecule has 8 atom stereocenters. The van der Waals surface area contributed by atoms with Gasteiger partial charge in [-0.25, -0.2) is 0 Å². The van der Waals surface area contributed by atoms with Gasteiger partial charge in [0.1, 0.15) is 6.04 Å². The Kier molecular flexibility index (Phi) is 6.83. The number of carbonyl (C=O) groups is 3. The zero-order valence-electron chi connectivity index (χ0n) is 19.8. The maximum Gasteiger partial charge on any atom is 0.244 e. The summed E-state index contributed by atoms with van der Waals surface area (Å²) in [5.74, 6) is -1.04. The van der Waals surface area contributed by atoms with Gasteiger partial charge in [-0.15, -0.1) is 11.8 Å². The summed E-state index contributed by atoms with van der Waals surface area (Å²) >= 11 is 1.70. The van der Waals surface area contributed by atoms with Crippen molar-refractivity contribution in [2.45, 2.75) is 93.8 Å². The molecule has 2 bridgehead atoms. The highest BCUT2D eigenvalue weighted by Crippen LogP contribution is 2.68. The Morgan fingerprint density at radius 3 is 2.53 bits per heavy atom. The second-order valence-corrected chi connectivity index (χ2v) is 11.9. The number of rotatable bonds is 7. The molecule has 180 valence electrons. The van der Waals surface area contributed by atoms with Gasteiger partial charge < -0.3 is 20.6 Å². The molecule has 3 aliphatic heterocycles. The van der Waals surface area contributed by atoms with Gasteiger partial charge in [0, 0.05) is 18.3 Å². The molecule has 1 saturated carbocycles. The summed E-state index contributed by atoms with van der Waals surface area (Å²) in [4.78, 5) is 42.5. The van der Waals surface area contributed by atoms with E-state index in [-0.39, 0.29) is 47.5 Å². The molecule has 0 aromatic heterocycles. The largest absolute Gasteiger partial charge is 0.394 e. The molecule has 0 radical (unpaired) electrons. The van der Waals surface area contributed by atoms with Crippen LogP contribution < -0.4 is 10.6 Å². The molecule has 4 rings (SSSR count). The summed E-state index contributed by atoms with van der Waals surface area (Å²) in [6.45, 7) is 6.03. The van der Waals surface area contributed by atoms with Crippen molar-refractivity contribution in [1.82, 2.24) is 15.5 Å². The minimum atomic E-state index is -0.646. The number of thioether (sulfide) groups is 1. The molecule has 0 aromatic carbocycles. The van der Waals surface area contributed by atoms with Crippen molar-refractivity contribution in [2.24, 2.45) is 23.7 Å². The van der Waals surface area contributed by atoms with E-state index in [4.69, 9.17) is 0 Å². The first-order chi connectivity index (χ1) is 15.3. The molecule has 4 aliphatic rings. The summed E-state index contributed by atoms with van der Waals surface area (Å²) in [6, 6.07) is -0.923. The third kappa shape index (κ3) is 3.47. The highest BCUT2D eigenvalue weighted by molar-refractivity contribution is 8.02. The molecule has 3 heterocycles. The van der Waals surface area contributed by atoms with E-state index in [1.165, 1.54) is 6.42 Å². The molecule has 3 unspecified atom stereocenters. The number of nitrogens with one attached hydrogen (secondary N) is 2. The molecule has 3 N–H and O–H groups in total. The quantitative estimate of drug-likeness (QED) is 0.534. The number of fused-ring (bicyclic) bond motifs is 1. The average Bonchev–Trinajstić information content (AvgIpc) is 3.38. The SMILES string of the molecule is CC[C@H](C)[C@H](CO)N1C(=O)[C@@H]2[C@H](C(=O)NC)[C@@H]3CC(C)C2(S3)C1C(=O)NC1CCCCC1. The number of aliphatic hydroxyl groups excluding tert-OH is 1. The van der Waals surface area contributed by atoms with Crippen molar-refractivity contribution in [3.8, 4) is 0 Å². The first-order valence-corrected chi connectivity index (χ1v) is 13.3. The number of hydrogen-bond acceptors (Lipinski definition) is 5. The van der Waals surface area contributed by atoms with Crippen LogP contribution in [0.1, 0.15) is 65.7 Å². The van der Waals surface area contributed by atoms with Crippen LogP contribution in [0, 0.1) is 23.7 Å². The number of amides is 3. The molecule has 7 nitrogen and oxygen atoms in total. The highest BCUT2D eigenvalue weighted by Gasteiger charge is 2.76. The van der Waals surface area contributed by atoms with E-state index in [1.807, 2.05) is 13.8 Å². The fourth-order valence-corrected chi connectivity index (χ4v) is 9.33. The van der Waals surface area contributed by atoms with E-state index in [0.717, 1.165) is 38.5 Å². The number of likely N-dealkylation sites (tertiary alicyclic amines) is 1. The van der Waals surface area contributed by atoms with Crippen LogP contribution in [-0.2, 0) is 14.4 Å². The van der Waals surface area contributed by atoms with Crippen molar-refractivity contribution >= 4 is 29.5 Å². The Balaban J connectivity index is 1.76. The Morgan fingerprint density at radius 1 is 1.25 bits per heavy atom. The van der Waals surface area contributed by atoms with Crippen LogP contribution in [0.3, 0.4) is 0 Å². The van der Waals surface area contributed by atoms with E-state index >= 15 is 0 Å². The summed E-state index contributed by atoms with van der Waals surface area (Å²) in [6.07, 6.45) is 7.02. The lowest BCUT2D eigenvalue weighted by atomic mass is 9.66. The maximum atomic E-state index is 14.0. The van der Waals surface area contributed by atoms with Crippen LogP contribution in [0.4, 0.5) is 0 Å². The van der Waals surface area contributed by atoms with E-state index < -0.39 is 28.7 Å². The molecule has 1 spiro atoms. The third-order valence-corrected chi connectivity index (χ3v) is 10.9. The van der Waals surface area contributed by atoms with E-state index in [2.05, 4.69) is 17.6 Å². The minimum absolute atomic E-state index is 0.0557. The predicted octanol–water partition coefficient (Wildman–Crippen LogP) is 1.93. The van der Waals surface area contributed by atoms with Crippen molar-refractivity contribution in [3.05, 3.63) is 0 Å². The molecule has 8 heteroatoms. The lowest BCUT2D eigenvalue weighted by Crippen LogP contribution is -2.60. The van der Waals surface area contributed by atoms with E-state index in [0.29, 0.717) is 0 Å². The lowest BCUT2D eigenvalue weighted by molar-refractivity contribution is -0.144. The van der Waals surface area contributed by atoms with Gasteiger partial charge in [-0.2, -0.15) is 0 Å². The van der Waals surface area contributed by atoms with Crippen LogP contribution in [-0.4, -0.2) is 69.5 Å². The fraction of sp³-hybridized carbons (Fsp3) is 0.875. The predicted molar refractivity (Wildman–Crippen MR) is 125 cm³/mol. The monoisotopic (exact) mass is 465 g/mol. The minimum Gasteiger partial charge on any atom is -0.394 e. The standard InChI is InChI=1S/C24H39N3O4S/c1-5-13(2)16(12-28)27-20(22(30)26-15-9-7-6-8-10-15)24-14(3)11-17(32-24)18(21(29)25-4)19(24)23(27)31/h13-20,28H,5-12H2,1-4H3,(H,25,29)(H,26,30)/t13-,14?,16-,17-,18+,19-,20?,24?/m0/s1. The van der Waals surface area contributed by atoms with Crippen LogP contribution in [0.2, 0.25) is 0 Å². The number of carbonyl (C=O) groups excluding carboxylic acids is 3. The average molecular weight is 466 g/mol. The Morgan fingerprint density at radius 2 is 1.94 bits per heavy atom. The maximum absolute atomic E-state index is 14.0. The Bertz CT molecular complexity index is 758.